The van der Waals surface area contributed by atoms with E-state index in [0.717, 1.165) is 24.0 Å². The zero-order valence-corrected chi connectivity index (χ0v) is 20.1. The van der Waals surface area contributed by atoms with E-state index in [-0.39, 0.29) is 36.9 Å². The molecule has 0 spiro atoms. The maximum Gasteiger partial charge on any atom is 0.261 e. The summed E-state index contributed by atoms with van der Waals surface area (Å²) in [6.07, 6.45) is 2.18. The van der Waals surface area contributed by atoms with Crippen molar-refractivity contribution in [3.8, 4) is 5.75 Å². The van der Waals surface area contributed by atoms with Crippen molar-refractivity contribution in [2.45, 2.75) is 38.0 Å². The molecule has 36 heavy (non-hydrogen) atoms. The standard InChI is InChI=1S/C29H31FN2O4/c30-24-15-13-23(14-16-24)20-32(28(33)21-36-25-10-5-2-6-11-25)27(18-22-8-3-1-4-9-22)29(34)31-19-26-12-7-17-35-26/h1-6,8-11,13-16,26-27H,7,12,17-21H2,(H,31,34)/t26-,27-/m1/s1. The summed E-state index contributed by atoms with van der Waals surface area (Å²) in [6, 6.07) is 23.8. The Kier molecular flexibility index (Phi) is 9.05. The van der Waals surface area contributed by atoms with Crippen LogP contribution in [0.25, 0.3) is 0 Å². The zero-order valence-electron chi connectivity index (χ0n) is 20.1. The number of carbonyl (C=O) groups excluding carboxylic acids is 2. The van der Waals surface area contributed by atoms with Crippen molar-refractivity contribution in [3.05, 3.63) is 102 Å². The van der Waals surface area contributed by atoms with Gasteiger partial charge in [0.05, 0.1) is 6.10 Å². The van der Waals surface area contributed by atoms with Crippen molar-refractivity contribution in [1.82, 2.24) is 10.2 Å². The molecule has 2 atom stereocenters. The summed E-state index contributed by atoms with van der Waals surface area (Å²) in [6.45, 7) is 1.00. The van der Waals surface area contributed by atoms with E-state index in [9.17, 15) is 14.0 Å². The van der Waals surface area contributed by atoms with Crippen LogP contribution in [0.4, 0.5) is 4.39 Å². The fourth-order valence-electron chi connectivity index (χ4n) is 4.22. The van der Waals surface area contributed by atoms with Gasteiger partial charge >= 0.3 is 0 Å². The Labute approximate surface area is 211 Å². The van der Waals surface area contributed by atoms with E-state index in [2.05, 4.69) is 5.32 Å². The van der Waals surface area contributed by atoms with E-state index < -0.39 is 6.04 Å². The number of rotatable bonds is 11. The summed E-state index contributed by atoms with van der Waals surface area (Å²) in [5.41, 5.74) is 1.64. The highest BCUT2D eigenvalue weighted by Crippen LogP contribution is 2.17. The monoisotopic (exact) mass is 490 g/mol. The Bertz CT molecular complexity index is 1100. The van der Waals surface area contributed by atoms with Gasteiger partial charge < -0.3 is 19.7 Å². The number of ether oxygens (including phenoxy) is 2. The van der Waals surface area contributed by atoms with Crippen LogP contribution in [-0.2, 0) is 27.3 Å². The molecule has 3 aromatic rings. The van der Waals surface area contributed by atoms with Gasteiger partial charge in [0.1, 0.15) is 17.6 Å². The van der Waals surface area contributed by atoms with Crippen LogP contribution in [0.5, 0.6) is 5.75 Å². The van der Waals surface area contributed by atoms with E-state index in [1.54, 1.807) is 24.3 Å². The molecule has 1 saturated heterocycles. The fraction of sp³-hybridized carbons (Fsp3) is 0.310. The predicted molar refractivity (Wildman–Crippen MR) is 135 cm³/mol. The van der Waals surface area contributed by atoms with Crippen LogP contribution in [0, 0.1) is 5.82 Å². The molecule has 1 aliphatic heterocycles. The molecule has 1 N–H and O–H groups in total. The lowest BCUT2D eigenvalue weighted by Gasteiger charge is -2.31. The van der Waals surface area contributed by atoms with Gasteiger partial charge in [-0.1, -0.05) is 60.7 Å². The Morgan fingerprint density at radius 2 is 1.67 bits per heavy atom. The maximum atomic E-state index is 13.5. The second kappa shape index (κ2) is 12.8. The summed E-state index contributed by atoms with van der Waals surface area (Å²) in [7, 11) is 0. The lowest BCUT2D eigenvalue weighted by Crippen LogP contribution is -2.52. The van der Waals surface area contributed by atoms with Crippen LogP contribution >= 0.6 is 0 Å². The Hall–Kier alpha value is -3.71. The molecular weight excluding hydrogens is 459 g/mol. The van der Waals surface area contributed by atoms with Crippen LogP contribution in [0.15, 0.2) is 84.9 Å². The molecule has 0 radical (unpaired) electrons. The number of amides is 2. The van der Waals surface area contributed by atoms with Crippen molar-refractivity contribution in [2.75, 3.05) is 19.8 Å². The normalized spacial score (nSPS) is 15.8. The molecule has 0 saturated carbocycles. The molecular formula is C29H31FN2O4. The molecule has 0 aromatic heterocycles. The summed E-state index contributed by atoms with van der Waals surface area (Å²) >= 11 is 0. The molecule has 0 unspecified atom stereocenters. The van der Waals surface area contributed by atoms with E-state index >= 15 is 0 Å². The smallest absolute Gasteiger partial charge is 0.261 e. The average Bonchev–Trinajstić information content (AvgIpc) is 3.44. The summed E-state index contributed by atoms with van der Waals surface area (Å²) in [5.74, 6) is -0.393. The molecule has 3 aromatic carbocycles. The van der Waals surface area contributed by atoms with Gasteiger partial charge in [-0.15, -0.1) is 0 Å². The van der Waals surface area contributed by atoms with E-state index in [0.29, 0.717) is 25.3 Å². The third-order valence-electron chi connectivity index (χ3n) is 6.17. The van der Waals surface area contributed by atoms with E-state index in [1.807, 2.05) is 48.5 Å². The van der Waals surface area contributed by atoms with Crippen LogP contribution in [0.1, 0.15) is 24.0 Å². The van der Waals surface area contributed by atoms with Gasteiger partial charge in [0.2, 0.25) is 5.91 Å². The minimum absolute atomic E-state index is 0.0195. The number of carbonyl (C=O) groups is 2. The van der Waals surface area contributed by atoms with Crippen molar-refractivity contribution >= 4 is 11.8 Å². The molecule has 1 aliphatic rings. The number of hydrogen-bond acceptors (Lipinski definition) is 4. The van der Waals surface area contributed by atoms with Crippen LogP contribution in [0.3, 0.4) is 0 Å². The Balaban J connectivity index is 1.57. The van der Waals surface area contributed by atoms with Gasteiger partial charge in [-0.05, 0) is 48.2 Å². The highest BCUT2D eigenvalue weighted by atomic mass is 19.1. The lowest BCUT2D eigenvalue weighted by molar-refractivity contribution is -0.143. The summed E-state index contributed by atoms with van der Waals surface area (Å²) in [5, 5.41) is 2.99. The van der Waals surface area contributed by atoms with Gasteiger partial charge in [-0.25, -0.2) is 4.39 Å². The average molecular weight is 491 g/mol. The highest BCUT2D eigenvalue weighted by Gasteiger charge is 2.31. The number of hydrogen-bond donors (Lipinski definition) is 1. The molecule has 7 heteroatoms. The summed E-state index contributed by atoms with van der Waals surface area (Å²) in [4.78, 5) is 28.5. The third kappa shape index (κ3) is 7.39. The van der Waals surface area contributed by atoms with Crippen LogP contribution in [0.2, 0.25) is 0 Å². The molecule has 2 amide bonds. The molecule has 4 rings (SSSR count). The van der Waals surface area contributed by atoms with Gasteiger partial charge in [-0.3, -0.25) is 9.59 Å². The van der Waals surface area contributed by atoms with E-state index in [4.69, 9.17) is 9.47 Å². The maximum absolute atomic E-state index is 13.5. The minimum Gasteiger partial charge on any atom is -0.484 e. The molecule has 0 aliphatic carbocycles. The Morgan fingerprint density at radius 1 is 0.972 bits per heavy atom. The second-order valence-corrected chi connectivity index (χ2v) is 8.84. The van der Waals surface area contributed by atoms with Gasteiger partial charge in [0.15, 0.2) is 6.61 Å². The molecule has 188 valence electrons. The quantitative estimate of drug-likeness (QED) is 0.439. The lowest BCUT2D eigenvalue weighted by atomic mass is 10.0. The SMILES string of the molecule is O=C(NC[C@H]1CCCO1)[C@@H](Cc1ccccc1)N(Cc1ccc(F)cc1)C(=O)COc1ccccc1. The van der Waals surface area contributed by atoms with Gasteiger partial charge in [-0.2, -0.15) is 0 Å². The van der Waals surface area contributed by atoms with Crippen molar-refractivity contribution in [1.29, 1.82) is 0 Å². The Morgan fingerprint density at radius 3 is 2.33 bits per heavy atom. The first-order chi connectivity index (χ1) is 17.6. The van der Waals surface area contributed by atoms with Crippen LogP contribution in [-0.4, -0.2) is 48.6 Å². The largest absolute Gasteiger partial charge is 0.484 e. The van der Waals surface area contributed by atoms with Crippen molar-refractivity contribution in [2.24, 2.45) is 0 Å². The second-order valence-electron chi connectivity index (χ2n) is 8.84. The molecule has 1 heterocycles. The van der Waals surface area contributed by atoms with Crippen LogP contribution < -0.4 is 10.1 Å². The van der Waals surface area contributed by atoms with Gasteiger partial charge in [0.25, 0.3) is 5.91 Å². The number of halogens is 1. The molecule has 6 nitrogen and oxygen atoms in total. The summed E-state index contributed by atoms with van der Waals surface area (Å²) < 4.78 is 24.9. The third-order valence-corrected chi connectivity index (χ3v) is 6.17. The number of nitrogens with zero attached hydrogens (tertiary/aromatic N) is 1. The topological polar surface area (TPSA) is 67.9 Å². The van der Waals surface area contributed by atoms with E-state index in [1.165, 1.54) is 17.0 Å². The predicted octanol–water partition coefficient (Wildman–Crippen LogP) is 4.14. The number of nitrogens with one attached hydrogen (secondary N) is 1. The van der Waals surface area contributed by atoms with Gasteiger partial charge in [0, 0.05) is 26.1 Å². The highest BCUT2D eigenvalue weighted by molar-refractivity contribution is 5.88. The first-order valence-electron chi connectivity index (χ1n) is 12.2. The first-order valence-corrected chi connectivity index (χ1v) is 12.2. The number of benzene rings is 3. The molecule has 0 bridgehead atoms. The first kappa shape index (κ1) is 25.4. The zero-order chi connectivity index (χ0) is 25.2. The molecule has 1 fully saturated rings. The minimum atomic E-state index is -0.786. The fourth-order valence-corrected chi connectivity index (χ4v) is 4.22. The van der Waals surface area contributed by atoms with Crippen molar-refractivity contribution < 1.29 is 23.5 Å². The number of para-hydroxylation sites is 1. The van der Waals surface area contributed by atoms with Crippen molar-refractivity contribution in [3.63, 3.8) is 0 Å².